The summed E-state index contributed by atoms with van der Waals surface area (Å²) < 4.78 is 4.56. The van der Waals surface area contributed by atoms with E-state index in [1.54, 1.807) is 38.2 Å². The zero-order valence-corrected chi connectivity index (χ0v) is 18.2. The van der Waals surface area contributed by atoms with Crippen molar-refractivity contribution in [1.29, 1.82) is 0 Å². The van der Waals surface area contributed by atoms with Crippen molar-refractivity contribution in [3.63, 3.8) is 0 Å². The van der Waals surface area contributed by atoms with E-state index < -0.39 is 28.4 Å². The van der Waals surface area contributed by atoms with Crippen molar-refractivity contribution in [1.82, 2.24) is 28.2 Å². The Morgan fingerprint density at radius 2 is 1.76 bits per heavy atom. The third-order valence-corrected chi connectivity index (χ3v) is 5.31. The molecule has 1 aromatic carbocycles. The molecule has 0 amide bonds. The number of anilines is 1. The zero-order chi connectivity index (χ0) is 24.0. The largest absolute Gasteiger partial charge is 0.493 e. The number of aryl methyl sites for hydroxylation is 3. The Morgan fingerprint density at radius 3 is 2.45 bits per heavy atom. The lowest BCUT2D eigenvalue weighted by Crippen LogP contribution is -2.37. The Bertz CT molecular complexity index is 1680. The number of hydrazone groups is 1. The number of hydrogen-bond donors (Lipinski definition) is 3. The highest BCUT2D eigenvalue weighted by Gasteiger charge is 2.18. The van der Waals surface area contributed by atoms with E-state index in [9.17, 15) is 24.3 Å². The van der Waals surface area contributed by atoms with Crippen LogP contribution in [-0.4, -0.2) is 39.6 Å². The molecule has 13 nitrogen and oxygen atoms in total. The van der Waals surface area contributed by atoms with E-state index in [4.69, 9.17) is 0 Å². The van der Waals surface area contributed by atoms with Crippen molar-refractivity contribution in [3.8, 4) is 11.6 Å². The summed E-state index contributed by atoms with van der Waals surface area (Å²) in [4.78, 5) is 55.6. The van der Waals surface area contributed by atoms with E-state index >= 15 is 0 Å². The van der Waals surface area contributed by atoms with Gasteiger partial charge in [-0.3, -0.25) is 23.7 Å². The van der Waals surface area contributed by atoms with Gasteiger partial charge in [-0.25, -0.2) is 19.6 Å². The van der Waals surface area contributed by atoms with Crippen LogP contribution < -0.4 is 27.9 Å². The minimum Gasteiger partial charge on any atom is -0.493 e. The summed E-state index contributed by atoms with van der Waals surface area (Å²) in [7, 11) is 4.40. The molecule has 0 aliphatic heterocycles. The van der Waals surface area contributed by atoms with E-state index in [0.717, 1.165) is 15.3 Å². The first-order chi connectivity index (χ1) is 15.6. The van der Waals surface area contributed by atoms with E-state index in [1.165, 1.54) is 23.2 Å². The van der Waals surface area contributed by atoms with Gasteiger partial charge < -0.3 is 9.67 Å². The third-order valence-electron chi connectivity index (χ3n) is 5.31. The number of aromatic nitrogens is 6. The number of para-hydroxylation sites is 1. The number of imidazole rings is 1. The van der Waals surface area contributed by atoms with Gasteiger partial charge in [0.15, 0.2) is 11.2 Å². The number of hydrogen-bond acceptors (Lipinski definition) is 8. The molecule has 33 heavy (non-hydrogen) atoms. The Morgan fingerprint density at radius 1 is 1.06 bits per heavy atom. The SMILES string of the molecule is Cc1ccccc1-n1c(O)c(/C=N/Nc2nc3c(c(=O)n(C)c(=O)n3C)n2C)c(=O)[nH]c1=O. The Balaban J connectivity index is 1.78. The van der Waals surface area contributed by atoms with Gasteiger partial charge in [-0.1, -0.05) is 18.2 Å². The molecule has 0 unspecified atom stereocenters. The van der Waals surface area contributed by atoms with E-state index in [0.29, 0.717) is 11.3 Å². The number of nitrogens with one attached hydrogen (secondary N) is 2. The average Bonchev–Trinajstić information content (AvgIpc) is 3.10. The predicted molar refractivity (Wildman–Crippen MR) is 121 cm³/mol. The van der Waals surface area contributed by atoms with Crippen LogP contribution in [0.4, 0.5) is 5.95 Å². The van der Waals surface area contributed by atoms with Gasteiger partial charge in [0.1, 0.15) is 5.56 Å². The summed E-state index contributed by atoms with van der Waals surface area (Å²) in [6.07, 6.45) is 1.03. The number of aromatic amines is 1. The smallest absolute Gasteiger partial charge is 0.335 e. The highest BCUT2D eigenvalue weighted by Crippen LogP contribution is 2.18. The lowest BCUT2D eigenvalue weighted by atomic mass is 10.2. The second-order valence-corrected chi connectivity index (χ2v) is 7.36. The average molecular weight is 452 g/mol. The monoisotopic (exact) mass is 452 g/mol. The molecule has 4 aromatic rings. The molecule has 0 saturated carbocycles. The first-order valence-corrected chi connectivity index (χ1v) is 9.69. The molecule has 3 N–H and O–H groups in total. The molecule has 0 aliphatic carbocycles. The van der Waals surface area contributed by atoms with Crippen LogP contribution in [0.5, 0.6) is 5.88 Å². The fourth-order valence-corrected chi connectivity index (χ4v) is 3.47. The first-order valence-electron chi connectivity index (χ1n) is 9.69. The molecule has 0 radical (unpaired) electrons. The summed E-state index contributed by atoms with van der Waals surface area (Å²) in [5, 5.41) is 14.6. The van der Waals surface area contributed by atoms with Crippen molar-refractivity contribution in [2.24, 2.45) is 26.2 Å². The van der Waals surface area contributed by atoms with Gasteiger partial charge in [0, 0.05) is 21.1 Å². The molecule has 0 fully saturated rings. The summed E-state index contributed by atoms with van der Waals surface area (Å²) in [5.74, 6) is -0.479. The standard InChI is InChI=1S/C20H20N8O5/c1-10-7-5-6-8-12(10)28-16(30)11(15(29)23-19(28)32)9-21-24-18-22-14-13(25(18)2)17(31)27(4)20(33)26(14)3/h5-9,30H,1-4H3,(H,22,24)(H,23,29,32)/b21-9+. The number of rotatable bonds is 4. The summed E-state index contributed by atoms with van der Waals surface area (Å²) >= 11 is 0. The van der Waals surface area contributed by atoms with Gasteiger partial charge in [0.05, 0.1) is 11.9 Å². The lowest BCUT2D eigenvalue weighted by molar-refractivity contribution is 0.430. The second-order valence-electron chi connectivity index (χ2n) is 7.36. The minimum atomic E-state index is -0.839. The zero-order valence-electron chi connectivity index (χ0n) is 18.2. The maximum atomic E-state index is 12.5. The highest BCUT2D eigenvalue weighted by atomic mass is 16.3. The van der Waals surface area contributed by atoms with Gasteiger partial charge in [-0.15, -0.1) is 0 Å². The van der Waals surface area contributed by atoms with Crippen LogP contribution in [0.25, 0.3) is 16.9 Å². The van der Waals surface area contributed by atoms with Gasteiger partial charge in [0.25, 0.3) is 11.1 Å². The van der Waals surface area contributed by atoms with Gasteiger partial charge in [0.2, 0.25) is 11.8 Å². The third kappa shape index (κ3) is 3.35. The van der Waals surface area contributed by atoms with Crippen molar-refractivity contribution in [2.45, 2.75) is 6.92 Å². The second kappa shape index (κ2) is 7.78. The van der Waals surface area contributed by atoms with Crippen molar-refractivity contribution in [2.75, 3.05) is 5.43 Å². The quantitative estimate of drug-likeness (QED) is 0.272. The summed E-state index contributed by atoms with van der Waals surface area (Å²) in [6.45, 7) is 1.75. The van der Waals surface area contributed by atoms with Crippen LogP contribution in [0.1, 0.15) is 11.1 Å². The fourth-order valence-electron chi connectivity index (χ4n) is 3.47. The van der Waals surface area contributed by atoms with Gasteiger partial charge >= 0.3 is 11.4 Å². The molecule has 3 heterocycles. The topological polar surface area (TPSA) is 161 Å². The van der Waals surface area contributed by atoms with Crippen molar-refractivity contribution >= 4 is 23.3 Å². The van der Waals surface area contributed by atoms with Crippen molar-refractivity contribution in [3.05, 3.63) is 77.1 Å². The lowest BCUT2D eigenvalue weighted by Gasteiger charge is -2.11. The van der Waals surface area contributed by atoms with Crippen LogP contribution >= 0.6 is 0 Å². The normalized spacial score (nSPS) is 11.5. The summed E-state index contributed by atoms with van der Waals surface area (Å²) in [6, 6.07) is 6.85. The van der Waals surface area contributed by atoms with Crippen LogP contribution in [0.3, 0.4) is 0 Å². The predicted octanol–water partition coefficient (Wildman–Crippen LogP) is -0.730. The number of aromatic hydroxyl groups is 1. The molecule has 0 atom stereocenters. The Labute approximate surface area is 184 Å². The van der Waals surface area contributed by atoms with E-state index in [1.807, 2.05) is 0 Å². The first kappa shape index (κ1) is 21.5. The van der Waals surface area contributed by atoms with Crippen LogP contribution in [0.15, 0.2) is 48.5 Å². The fraction of sp³-hybridized carbons (Fsp3) is 0.200. The molecule has 3 aromatic heterocycles. The van der Waals surface area contributed by atoms with Crippen LogP contribution in [-0.2, 0) is 21.1 Å². The van der Waals surface area contributed by atoms with Crippen molar-refractivity contribution < 1.29 is 5.11 Å². The molecular formula is C20H20N8O5. The summed E-state index contributed by atoms with van der Waals surface area (Å²) in [5.41, 5.74) is 1.04. The van der Waals surface area contributed by atoms with Crippen LogP contribution in [0, 0.1) is 6.92 Å². The van der Waals surface area contributed by atoms with Gasteiger partial charge in [-0.05, 0) is 18.6 Å². The molecule has 4 rings (SSSR count). The Kier molecular flexibility index (Phi) is 5.08. The maximum absolute atomic E-state index is 12.5. The van der Waals surface area contributed by atoms with E-state index in [-0.39, 0.29) is 22.7 Å². The molecular weight excluding hydrogens is 432 g/mol. The van der Waals surface area contributed by atoms with E-state index in [2.05, 4.69) is 20.5 Å². The molecule has 170 valence electrons. The minimum absolute atomic E-state index is 0.114. The number of H-pyrrole nitrogens is 1. The molecule has 13 heteroatoms. The molecule has 0 aliphatic rings. The molecule has 0 bridgehead atoms. The highest BCUT2D eigenvalue weighted by molar-refractivity contribution is 5.83. The maximum Gasteiger partial charge on any atom is 0.335 e. The number of fused-ring (bicyclic) bond motifs is 1. The Hall–Kier alpha value is -4.68. The molecule has 0 saturated heterocycles. The number of benzene rings is 1. The number of nitrogens with zero attached hydrogens (tertiary/aromatic N) is 6. The van der Waals surface area contributed by atoms with Crippen LogP contribution in [0.2, 0.25) is 0 Å². The molecule has 0 spiro atoms. The van der Waals surface area contributed by atoms with Gasteiger partial charge in [-0.2, -0.15) is 10.1 Å².